The SMILES string of the molecule is Cc1csc(Cc2ncc(C#N)c(=O)[nH]2)n1. The van der Waals surface area contributed by atoms with Crippen LogP contribution in [-0.4, -0.2) is 15.0 Å². The highest BCUT2D eigenvalue weighted by Gasteiger charge is 2.05. The quantitative estimate of drug-likeness (QED) is 0.837. The van der Waals surface area contributed by atoms with E-state index in [9.17, 15) is 4.79 Å². The lowest BCUT2D eigenvalue weighted by atomic mass is 10.3. The number of nitrogens with zero attached hydrogens (tertiary/aromatic N) is 3. The molecule has 6 heteroatoms. The van der Waals surface area contributed by atoms with Crippen molar-refractivity contribution in [1.82, 2.24) is 15.0 Å². The molecule has 80 valence electrons. The van der Waals surface area contributed by atoms with Crippen LogP contribution >= 0.6 is 11.3 Å². The number of nitriles is 1. The molecule has 0 saturated carbocycles. The van der Waals surface area contributed by atoms with Crippen LogP contribution in [0.3, 0.4) is 0 Å². The number of aromatic amines is 1. The molecule has 0 aliphatic rings. The van der Waals surface area contributed by atoms with Gasteiger partial charge in [0.1, 0.15) is 22.5 Å². The van der Waals surface area contributed by atoms with Gasteiger partial charge in [-0.25, -0.2) is 9.97 Å². The van der Waals surface area contributed by atoms with Crippen LogP contribution in [-0.2, 0) is 6.42 Å². The summed E-state index contributed by atoms with van der Waals surface area (Å²) in [4.78, 5) is 22.2. The lowest BCUT2D eigenvalue weighted by Crippen LogP contribution is -2.14. The third-order valence-electron chi connectivity index (χ3n) is 1.96. The van der Waals surface area contributed by atoms with E-state index in [0.717, 1.165) is 10.7 Å². The Morgan fingerprint density at radius 3 is 3.00 bits per heavy atom. The molecule has 2 heterocycles. The highest BCUT2D eigenvalue weighted by Crippen LogP contribution is 2.11. The predicted octanol–water partition coefficient (Wildman–Crippen LogP) is 0.997. The Bertz CT molecular complexity index is 608. The van der Waals surface area contributed by atoms with Gasteiger partial charge in [-0.15, -0.1) is 11.3 Å². The second-order valence-electron chi connectivity index (χ2n) is 3.24. The minimum atomic E-state index is -0.402. The number of H-pyrrole nitrogens is 1. The number of nitrogens with one attached hydrogen (secondary N) is 1. The molecular weight excluding hydrogens is 224 g/mol. The Hall–Kier alpha value is -2.00. The lowest BCUT2D eigenvalue weighted by Gasteiger charge is -1.96. The smallest absolute Gasteiger partial charge is 0.268 e. The van der Waals surface area contributed by atoms with Gasteiger partial charge >= 0.3 is 0 Å². The maximum atomic E-state index is 11.3. The van der Waals surface area contributed by atoms with Crippen molar-refractivity contribution in [2.75, 3.05) is 0 Å². The fourth-order valence-corrected chi connectivity index (χ4v) is 2.00. The molecule has 0 aliphatic carbocycles. The number of aryl methyl sites for hydroxylation is 1. The van der Waals surface area contributed by atoms with Crippen LogP contribution in [0, 0.1) is 18.3 Å². The first-order valence-corrected chi connectivity index (χ1v) is 5.46. The normalized spacial score (nSPS) is 10.0. The van der Waals surface area contributed by atoms with Crippen LogP contribution in [0.2, 0.25) is 0 Å². The van der Waals surface area contributed by atoms with Crippen molar-refractivity contribution in [1.29, 1.82) is 5.26 Å². The van der Waals surface area contributed by atoms with E-state index in [4.69, 9.17) is 5.26 Å². The van der Waals surface area contributed by atoms with Crippen molar-refractivity contribution in [3.05, 3.63) is 44.0 Å². The first kappa shape index (κ1) is 10.5. The first-order chi connectivity index (χ1) is 7.69. The molecule has 0 bridgehead atoms. The Morgan fingerprint density at radius 2 is 2.44 bits per heavy atom. The highest BCUT2D eigenvalue weighted by molar-refractivity contribution is 7.09. The van der Waals surface area contributed by atoms with Crippen LogP contribution in [0.4, 0.5) is 0 Å². The molecule has 0 aromatic carbocycles. The Labute approximate surface area is 95.4 Å². The molecule has 0 saturated heterocycles. The summed E-state index contributed by atoms with van der Waals surface area (Å²) in [5.41, 5.74) is 0.579. The summed E-state index contributed by atoms with van der Waals surface area (Å²) in [6, 6.07) is 1.77. The summed E-state index contributed by atoms with van der Waals surface area (Å²) in [7, 11) is 0. The van der Waals surface area contributed by atoms with Crippen LogP contribution < -0.4 is 5.56 Å². The molecular formula is C10H8N4OS. The van der Waals surface area contributed by atoms with Crippen molar-refractivity contribution in [2.45, 2.75) is 13.3 Å². The number of hydrogen-bond acceptors (Lipinski definition) is 5. The molecule has 5 nitrogen and oxygen atoms in total. The Balaban J connectivity index is 2.27. The number of rotatable bonds is 2. The number of hydrogen-bond donors (Lipinski definition) is 1. The highest BCUT2D eigenvalue weighted by atomic mass is 32.1. The zero-order chi connectivity index (χ0) is 11.5. The summed E-state index contributed by atoms with van der Waals surface area (Å²) >= 11 is 1.52. The van der Waals surface area contributed by atoms with E-state index in [1.165, 1.54) is 17.5 Å². The van der Waals surface area contributed by atoms with Gasteiger partial charge in [0.15, 0.2) is 0 Å². The van der Waals surface area contributed by atoms with E-state index >= 15 is 0 Å². The summed E-state index contributed by atoms with van der Waals surface area (Å²) in [6.07, 6.45) is 1.77. The van der Waals surface area contributed by atoms with E-state index in [-0.39, 0.29) is 5.56 Å². The van der Waals surface area contributed by atoms with E-state index in [1.54, 1.807) is 6.07 Å². The zero-order valence-corrected chi connectivity index (χ0v) is 9.34. The molecule has 0 radical (unpaired) electrons. The molecule has 0 unspecified atom stereocenters. The fraction of sp³-hybridized carbons (Fsp3) is 0.200. The summed E-state index contributed by atoms with van der Waals surface area (Å²) < 4.78 is 0. The van der Waals surface area contributed by atoms with Gasteiger partial charge in [-0.1, -0.05) is 0 Å². The first-order valence-electron chi connectivity index (χ1n) is 4.58. The monoisotopic (exact) mass is 232 g/mol. The maximum absolute atomic E-state index is 11.3. The summed E-state index contributed by atoms with van der Waals surface area (Å²) in [5, 5.41) is 11.4. The van der Waals surface area contributed by atoms with Crippen LogP contribution in [0.25, 0.3) is 0 Å². The minimum Gasteiger partial charge on any atom is -0.309 e. The largest absolute Gasteiger partial charge is 0.309 e. The third kappa shape index (κ3) is 2.15. The van der Waals surface area contributed by atoms with E-state index in [1.807, 2.05) is 12.3 Å². The van der Waals surface area contributed by atoms with Crippen LogP contribution in [0.15, 0.2) is 16.4 Å². The average Bonchev–Trinajstić information content (AvgIpc) is 2.64. The van der Waals surface area contributed by atoms with Crippen molar-refractivity contribution < 1.29 is 0 Å². The molecule has 0 amide bonds. The van der Waals surface area contributed by atoms with E-state index < -0.39 is 5.56 Å². The fourth-order valence-electron chi connectivity index (χ4n) is 1.23. The van der Waals surface area contributed by atoms with Gasteiger partial charge in [0.2, 0.25) is 0 Å². The van der Waals surface area contributed by atoms with Gasteiger partial charge in [0.05, 0.1) is 12.6 Å². The molecule has 0 aliphatic heterocycles. The second-order valence-corrected chi connectivity index (χ2v) is 4.19. The molecule has 2 aromatic heterocycles. The van der Waals surface area contributed by atoms with Crippen LogP contribution in [0.1, 0.15) is 22.1 Å². The number of thiazole rings is 1. The molecule has 16 heavy (non-hydrogen) atoms. The molecule has 0 atom stereocenters. The van der Waals surface area contributed by atoms with Gasteiger partial charge < -0.3 is 4.98 Å². The minimum absolute atomic E-state index is 0.0269. The molecule has 0 fully saturated rings. The topological polar surface area (TPSA) is 82.4 Å². The Kier molecular flexibility index (Phi) is 2.79. The van der Waals surface area contributed by atoms with Gasteiger partial charge in [-0.05, 0) is 6.92 Å². The molecule has 1 N–H and O–H groups in total. The maximum Gasteiger partial charge on any atom is 0.268 e. The summed E-state index contributed by atoms with van der Waals surface area (Å²) in [6.45, 7) is 1.91. The van der Waals surface area contributed by atoms with Crippen molar-refractivity contribution >= 4 is 11.3 Å². The summed E-state index contributed by atoms with van der Waals surface area (Å²) in [5.74, 6) is 0.526. The van der Waals surface area contributed by atoms with Crippen molar-refractivity contribution in [3.63, 3.8) is 0 Å². The zero-order valence-electron chi connectivity index (χ0n) is 8.52. The van der Waals surface area contributed by atoms with Crippen molar-refractivity contribution in [3.8, 4) is 6.07 Å². The third-order valence-corrected chi connectivity index (χ3v) is 2.92. The van der Waals surface area contributed by atoms with E-state index in [2.05, 4.69) is 15.0 Å². The van der Waals surface area contributed by atoms with Gasteiger partial charge in [-0.2, -0.15) is 5.26 Å². The second kappa shape index (κ2) is 4.24. The standard InChI is InChI=1S/C10H8N4OS/c1-6-5-16-9(13-6)2-8-12-4-7(3-11)10(15)14-8/h4-5H,2H2,1H3,(H,12,14,15). The molecule has 2 aromatic rings. The molecule has 0 spiro atoms. The van der Waals surface area contributed by atoms with Gasteiger partial charge in [0.25, 0.3) is 5.56 Å². The molecule has 2 rings (SSSR count). The average molecular weight is 232 g/mol. The van der Waals surface area contributed by atoms with Crippen LogP contribution in [0.5, 0.6) is 0 Å². The lowest BCUT2D eigenvalue weighted by molar-refractivity contribution is 0.927. The van der Waals surface area contributed by atoms with Crippen molar-refractivity contribution in [2.24, 2.45) is 0 Å². The predicted molar refractivity (Wildman–Crippen MR) is 59.2 cm³/mol. The number of aromatic nitrogens is 3. The van der Waals surface area contributed by atoms with Gasteiger partial charge in [-0.3, -0.25) is 4.79 Å². The Morgan fingerprint density at radius 1 is 1.62 bits per heavy atom. The van der Waals surface area contributed by atoms with E-state index in [0.29, 0.717) is 12.2 Å². The van der Waals surface area contributed by atoms with Gasteiger partial charge in [0, 0.05) is 11.1 Å².